The maximum Gasteiger partial charge on any atom is 0.276 e. The Morgan fingerprint density at radius 2 is 1.85 bits per heavy atom. The average molecular weight is 433 g/mol. The largest absolute Gasteiger partial charge is 0.277 e. The van der Waals surface area contributed by atoms with E-state index < -0.39 is 10.0 Å². The highest BCUT2D eigenvalue weighted by atomic mass is 79.9. The van der Waals surface area contributed by atoms with Gasteiger partial charge in [0.1, 0.15) is 0 Å². The molecule has 134 valence electrons. The van der Waals surface area contributed by atoms with Crippen LogP contribution in [0.25, 0.3) is 11.3 Å². The van der Waals surface area contributed by atoms with Crippen molar-refractivity contribution in [2.24, 2.45) is 5.10 Å². The van der Waals surface area contributed by atoms with Gasteiger partial charge in [0, 0.05) is 15.6 Å². The molecular formula is C18H17BrN4O2S. The number of H-pyrrole nitrogens is 1. The molecule has 2 N–H and O–H groups in total. The van der Waals surface area contributed by atoms with Crippen molar-refractivity contribution in [1.82, 2.24) is 15.0 Å². The summed E-state index contributed by atoms with van der Waals surface area (Å²) in [6.07, 6.45) is 4.00. The molecule has 0 saturated carbocycles. The SMILES string of the molecule is CCc1ccc(-c2[nH]ncc2C=NNS(=O)(=O)c2ccc(Br)cc2)cc1. The van der Waals surface area contributed by atoms with Crippen molar-refractivity contribution < 1.29 is 8.42 Å². The molecule has 3 rings (SSSR count). The Hall–Kier alpha value is -2.45. The Balaban J connectivity index is 1.77. The first kappa shape index (κ1) is 18.3. The van der Waals surface area contributed by atoms with Crippen molar-refractivity contribution in [1.29, 1.82) is 0 Å². The van der Waals surface area contributed by atoms with Crippen LogP contribution in [-0.2, 0) is 16.4 Å². The molecule has 0 saturated heterocycles. The maximum absolute atomic E-state index is 12.2. The van der Waals surface area contributed by atoms with E-state index in [1.165, 1.54) is 23.9 Å². The molecule has 1 heterocycles. The Kier molecular flexibility index (Phi) is 5.53. The Labute approximate surface area is 160 Å². The summed E-state index contributed by atoms with van der Waals surface area (Å²) >= 11 is 3.27. The molecule has 0 unspecified atom stereocenters. The van der Waals surface area contributed by atoms with Gasteiger partial charge in [0.15, 0.2) is 0 Å². The molecule has 6 nitrogen and oxygen atoms in total. The first-order valence-electron chi connectivity index (χ1n) is 7.92. The van der Waals surface area contributed by atoms with Crippen LogP contribution in [0.15, 0.2) is 69.2 Å². The number of aromatic amines is 1. The standard InChI is InChI=1S/C18H17BrN4O2S/c1-2-13-3-5-14(6-4-13)18-15(11-20-22-18)12-21-23-26(24,25)17-9-7-16(19)8-10-17/h3-12,23H,2H2,1H3,(H,20,22). The second-order valence-electron chi connectivity index (χ2n) is 5.56. The zero-order valence-corrected chi connectivity index (χ0v) is 16.4. The van der Waals surface area contributed by atoms with Gasteiger partial charge in [-0.05, 0) is 36.2 Å². The zero-order valence-electron chi connectivity index (χ0n) is 14.0. The summed E-state index contributed by atoms with van der Waals surface area (Å²) in [7, 11) is -3.72. The summed E-state index contributed by atoms with van der Waals surface area (Å²) in [6, 6.07) is 14.4. The molecule has 0 bridgehead atoms. The molecule has 0 radical (unpaired) electrons. The molecule has 0 aliphatic rings. The first-order chi connectivity index (χ1) is 12.5. The summed E-state index contributed by atoms with van der Waals surface area (Å²) in [5.74, 6) is 0. The van der Waals surface area contributed by atoms with Crippen molar-refractivity contribution >= 4 is 32.2 Å². The van der Waals surface area contributed by atoms with E-state index in [2.05, 4.69) is 43.0 Å². The van der Waals surface area contributed by atoms with Gasteiger partial charge in [-0.3, -0.25) is 5.10 Å². The van der Waals surface area contributed by atoms with Crippen molar-refractivity contribution in [3.05, 3.63) is 70.3 Å². The smallest absolute Gasteiger partial charge is 0.276 e. The topological polar surface area (TPSA) is 87.2 Å². The number of nitrogens with one attached hydrogen (secondary N) is 2. The van der Waals surface area contributed by atoms with Crippen molar-refractivity contribution in [2.75, 3.05) is 0 Å². The van der Waals surface area contributed by atoms with Crippen LogP contribution in [0.4, 0.5) is 0 Å². The Bertz CT molecular complexity index is 1010. The minimum atomic E-state index is -3.72. The fourth-order valence-corrected chi connectivity index (χ4v) is 3.42. The van der Waals surface area contributed by atoms with Crippen LogP contribution in [0.2, 0.25) is 0 Å². The number of sulfonamides is 1. The maximum atomic E-state index is 12.2. The van der Waals surface area contributed by atoms with Crippen LogP contribution in [0.5, 0.6) is 0 Å². The molecule has 3 aromatic rings. The summed E-state index contributed by atoms with van der Waals surface area (Å²) in [5, 5.41) is 10.8. The third-order valence-corrected chi connectivity index (χ3v) is 5.59. The number of benzene rings is 2. The summed E-state index contributed by atoms with van der Waals surface area (Å²) in [4.78, 5) is 2.35. The minimum absolute atomic E-state index is 0.139. The quantitative estimate of drug-likeness (QED) is 0.459. The molecule has 0 spiro atoms. The van der Waals surface area contributed by atoms with E-state index in [0.29, 0.717) is 5.56 Å². The van der Waals surface area contributed by atoms with E-state index in [1.807, 2.05) is 24.3 Å². The molecule has 8 heteroatoms. The van der Waals surface area contributed by atoms with Gasteiger partial charge in [-0.2, -0.15) is 18.6 Å². The average Bonchev–Trinajstić information content (AvgIpc) is 3.10. The summed E-state index contributed by atoms with van der Waals surface area (Å²) in [5.41, 5.74) is 3.66. The van der Waals surface area contributed by atoms with Crippen molar-refractivity contribution in [3.63, 3.8) is 0 Å². The third-order valence-electron chi connectivity index (χ3n) is 3.82. The Morgan fingerprint density at radius 3 is 2.50 bits per heavy atom. The normalized spacial score (nSPS) is 11.8. The van der Waals surface area contributed by atoms with Crippen LogP contribution >= 0.6 is 15.9 Å². The summed E-state index contributed by atoms with van der Waals surface area (Å²) in [6.45, 7) is 2.10. The lowest BCUT2D eigenvalue weighted by atomic mass is 10.1. The lowest BCUT2D eigenvalue weighted by Crippen LogP contribution is -2.18. The van der Waals surface area contributed by atoms with E-state index in [0.717, 1.165) is 22.2 Å². The molecule has 0 atom stereocenters. The third kappa shape index (κ3) is 4.20. The van der Waals surface area contributed by atoms with Crippen molar-refractivity contribution in [3.8, 4) is 11.3 Å². The number of aryl methyl sites for hydroxylation is 1. The number of halogens is 1. The molecule has 26 heavy (non-hydrogen) atoms. The molecule has 0 fully saturated rings. The number of hydrazone groups is 1. The highest BCUT2D eigenvalue weighted by Crippen LogP contribution is 2.20. The monoisotopic (exact) mass is 432 g/mol. The zero-order chi connectivity index (χ0) is 18.6. The predicted octanol–water partition coefficient (Wildman–Crippen LogP) is 3.71. The fraction of sp³-hybridized carbons (Fsp3) is 0.111. The predicted molar refractivity (Wildman–Crippen MR) is 105 cm³/mol. The summed E-state index contributed by atoms with van der Waals surface area (Å²) < 4.78 is 25.3. The van der Waals surface area contributed by atoms with E-state index in [-0.39, 0.29) is 4.90 Å². The minimum Gasteiger partial charge on any atom is -0.277 e. The highest BCUT2D eigenvalue weighted by Gasteiger charge is 2.12. The molecule has 2 aromatic carbocycles. The van der Waals surface area contributed by atoms with E-state index in [4.69, 9.17) is 0 Å². The highest BCUT2D eigenvalue weighted by molar-refractivity contribution is 9.10. The van der Waals surface area contributed by atoms with Crippen LogP contribution < -0.4 is 4.83 Å². The molecule has 0 aliphatic carbocycles. The van der Waals surface area contributed by atoms with Gasteiger partial charge >= 0.3 is 0 Å². The van der Waals surface area contributed by atoms with Gasteiger partial charge in [-0.25, -0.2) is 4.83 Å². The molecule has 1 aromatic heterocycles. The van der Waals surface area contributed by atoms with E-state index >= 15 is 0 Å². The van der Waals surface area contributed by atoms with Crippen molar-refractivity contribution in [2.45, 2.75) is 18.2 Å². The molecular weight excluding hydrogens is 416 g/mol. The number of aromatic nitrogens is 2. The van der Waals surface area contributed by atoms with Crippen LogP contribution in [0.1, 0.15) is 18.1 Å². The van der Waals surface area contributed by atoms with Crippen LogP contribution in [0.3, 0.4) is 0 Å². The number of hydrogen-bond acceptors (Lipinski definition) is 4. The number of nitrogens with zero attached hydrogens (tertiary/aromatic N) is 2. The Morgan fingerprint density at radius 1 is 1.15 bits per heavy atom. The first-order valence-corrected chi connectivity index (χ1v) is 10.2. The van der Waals surface area contributed by atoms with Gasteiger partial charge in [0.05, 0.1) is 23.0 Å². The van der Waals surface area contributed by atoms with Gasteiger partial charge < -0.3 is 0 Å². The second-order valence-corrected chi connectivity index (χ2v) is 8.13. The van der Waals surface area contributed by atoms with Crippen LogP contribution in [0, 0.1) is 0 Å². The van der Waals surface area contributed by atoms with Crippen LogP contribution in [-0.4, -0.2) is 24.8 Å². The van der Waals surface area contributed by atoms with Gasteiger partial charge in [0.2, 0.25) is 0 Å². The van der Waals surface area contributed by atoms with E-state index in [1.54, 1.807) is 18.3 Å². The van der Waals surface area contributed by atoms with Gasteiger partial charge in [0.25, 0.3) is 10.0 Å². The fourth-order valence-electron chi connectivity index (χ4n) is 2.36. The van der Waals surface area contributed by atoms with Gasteiger partial charge in [-0.1, -0.05) is 47.1 Å². The second kappa shape index (κ2) is 7.84. The molecule has 0 amide bonds. The number of rotatable bonds is 6. The number of hydrogen-bond donors (Lipinski definition) is 2. The van der Waals surface area contributed by atoms with Gasteiger partial charge in [-0.15, -0.1) is 0 Å². The lowest BCUT2D eigenvalue weighted by molar-refractivity contribution is 0.584. The van der Waals surface area contributed by atoms with E-state index in [9.17, 15) is 8.42 Å². The lowest BCUT2D eigenvalue weighted by Gasteiger charge is -2.04. The molecule has 0 aliphatic heterocycles.